The highest BCUT2D eigenvalue weighted by atomic mass is 19.4. The van der Waals surface area contributed by atoms with Crippen molar-refractivity contribution in [2.24, 2.45) is 5.92 Å². The number of para-hydroxylation sites is 1. The van der Waals surface area contributed by atoms with Crippen molar-refractivity contribution < 1.29 is 32.2 Å². The normalized spacial score (nSPS) is 11.3. The van der Waals surface area contributed by atoms with Gasteiger partial charge in [-0.3, -0.25) is 4.79 Å². The third-order valence-electron chi connectivity index (χ3n) is 4.28. The van der Waals surface area contributed by atoms with Gasteiger partial charge in [0.2, 0.25) is 5.91 Å². The molecular weight excluding hydrogens is 411 g/mol. The number of alkyl halides is 3. The average molecular weight is 439 g/mol. The number of hydrogen-bond donors (Lipinski definition) is 1. The summed E-state index contributed by atoms with van der Waals surface area (Å²) in [6, 6.07) is 12.2. The van der Waals surface area contributed by atoms with Crippen molar-refractivity contribution in [3.8, 4) is 17.2 Å². The molecule has 2 aromatic carbocycles. The van der Waals surface area contributed by atoms with Crippen LogP contribution in [0.5, 0.6) is 17.2 Å². The molecule has 1 amide bonds. The van der Waals surface area contributed by atoms with Gasteiger partial charge in [0, 0.05) is 18.5 Å². The molecule has 0 atom stereocenters. The topological polar surface area (TPSA) is 56.8 Å². The quantitative estimate of drug-likeness (QED) is 0.540. The molecule has 0 heterocycles. The van der Waals surface area contributed by atoms with E-state index in [1.54, 1.807) is 12.1 Å². The fraction of sp³-hybridized carbons (Fsp3) is 0.435. The molecule has 2 rings (SSSR count). The number of carbonyl (C=O) groups excluding carboxylic acids is 1. The van der Waals surface area contributed by atoms with Crippen LogP contribution in [-0.2, 0) is 17.8 Å². The molecule has 5 nitrogen and oxygen atoms in total. The van der Waals surface area contributed by atoms with E-state index in [0.29, 0.717) is 25.5 Å². The van der Waals surface area contributed by atoms with Crippen LogP contribution in [0.2, 0.25) is 0 Å². The first-order valence-corrected chi connectivity index (χ1v) is 10.0. The molecule has 0 aromatic heterocycles. The van der Waals surface area contributed by atoms with Crippen LogP contribution in [0.3, 0.4) is 0 Å². The summed E-state index contributed by atoms with van der Waals surface area (Å²) in [5.74, 6) is 1.19. The van der Waals surface area contributed by atoms with Gasteiger partial charge in [-0.2, -0.15) is 13.2 Å². The van der Waals surface area contributed by atoms with E-state index in [0.717, 1.165) is 16.9 Å². The van der Waals surface area contributed by atoms with Crippen LogP contribution in [0.15, 0.2) is 42.5 Å². The summed E-state index contributed by atoms with van der Waals surface area (Å²) in [5, 5.41) is 2.87. The van der Waals surface area contributed by atoms with Crippen LogP contribution in [-0.4, -0.2) is 32.4 Å². The Morgan fingerprint density at radius 1 is 1.03 bits per heavy atom. The third-order valence-corrected chi connectivity index (χ3v) is 4.28. The SMILES string of the molecule is COc1cc(CCC(=O)NCc2ccccc2OCC(C)C)ccc1OCC(F)(F)F. The van der Waals surface area contributed by atoms with Gasteiger partial charge in [0.25, 0.3) is 0 Å². The molecule has 8 heteroatoms. The zero-order chi connectivity index (χ0) is 22.9. The fourth-order valence-corrected chi connectivity index (χ4v) is 2.73. The lowest BCUT2D eigenvalue weighted by atomic mass is 10.1. The number of amides is 1. The second-order valence-electron chi connectivity index (χ2n) is 7.48. The second kappa shape index (κ2) is 11.5. The molecule has 0 bridgehead atoms. The molecule has 1 N–H and O–H groups in total. The first-order valence-electron chi connectivity index (χ1n) is 10.0. The monoisotopic (exact) mass is 439 g/mol. The number of aryl methyl sites for hydroxylation is 1. The molecule has 0 aliphatic rings. The summed E-state index contributed by atoms with van der Waals surface area (Å²) in [4.78, 5) is 12.3. The Hall–Kier alpha value is -2.90. The molecule has 0 fully saturated rings. The summed E-state index contributed by atoms with van der Waals surface area (Å²) >= 11 is 0. The van der Waals surface area contributed by atoms with Crippen LogP contribution >= 0.6 is 0 Å². The standard InChI is InChI=1S/C23H28F3NO4/c1-16(2)14-30-19-7-5-4-6-18(19)13-27-22(28)11-9-17-8-10-20(21(12-17)29-3)31-15-23(24,25)26/h4-8,10,12,16H,9,11,13-15H2,1-3H3,(H,27,28). The van der Waals surface area contributed by atoms with Crippen molar-refractivity contribution in [3.05, 3.63) is 53.6 Å². The Kier molecular flexibility index (Phi) is 9.03. The number of nitrogens with one attached hydrogen (secondary N) is 1. The predicted octanol–water partition coefficient (Wildman–Crippen LogP) is 4.92. The van der Waals surface area contributed by atoms with Crippen LogP contribution in [0, 0.1) is 5.92 Å². The van der Waals surface area contributed by atoms with Gasteiger partial charge < -0.3 is 19.5 Å². The zero-order valence-corrected chi connectivity index (χ0v) is 17.9. The highest BCUT2D eigenvalue weighted by Crippen LogP contribution is 2.30. The summed E-state index contributed by atoms with van der Waals surface area (Å²) in [6.45, 7) is 3.67. The largest absolute Gasteiger partial charge is 0.493 e. The molecule has 0 saturated carbocycles. The smallest absolute Gasteiger partial charge is 0.422 e. The number of methoxy groups -OCH3 is 1. The van der Waals surface area contributed by atoms with Gasteiger partial charge in [-0.25, -0.2) is 0 Å². The van der Waals surface area contributed by atoms with Crippen molar-refractivity contribution in [1.82, 2.24) is 5.32 Å². The first kappa shape index (κ1) is 24.4. The van der Waals surface area contributed by atoms with Gasteiger partial charge in [-0.1, -0.05) is 38.1 Å². The van der Waals surface area contributed by atoms with Gasteiger partial charge in [0.05, 0.1) is 13.7 Å². The van der Waals surface area contributed by atoms with E-state index in [2.05, 4.69) is 19.2 Å². The van der Waals surface area contributed by atoms with Gasteiger partial charge >= 0.3 is 6.18 Å². The first-order chi connectivity index (χ1) is 14.7. The van der Waals surface area contributed by atoms with E-state index in [4.69, 9.17) is 14.2 Å². The summed E-state index contributed by atoms with van der Waals surface area (Å²) < 4.78 is 52.7. The summed E-state index contributed by atoms with van der Waals surface area (Å²) in [6.07, 6.45) is -3.80. The van der Waals surface area contributed by atoms with Crippen LogP contribution in [0.1, 0.15) is 31.4 Å². The lowest BCUT2D eigenvalue weighted by molar-refractivity contribution is -0.153. The summed E-state index contributed by atoms with van der Waals surface area (Å²) in [5.41, 5.74) is 1.65. The maximum absolute atomic E-state index is 12.3. The van der Waals surface area contributed by atoms with E-state index < -0.39 is 12.8 Å². The van der Waals surface area contributed by atoms with E-state index in [9.17, 15) is 18.0 Å². The zero-order valence-electron chi connectivity index (χ0n) is 17.9. The number of hydrogen-bond acceptors (Lipinski definition) is 4. The average Bonchev–Trinajstić information content (AvgIpc) is 2.73. The number of benzene rings is 2. The Bertz CT molecular complexity index is 853. The van der Waals surface area contributed by atoms with Crippen LogP contribution in [0.25, 0.3) is 0 Å². The van der Waals surface area contributed by atoms with Crippen molar-refractivity contribution in [3.63, 3.8) is 0 Å². The minimum absolute atomic E-state index is 0.00558. The number of ether oxygens (including phenoxy) is 3. The minimum atomic E-state index is -4.43. The molecule has 31 heavy (non-hydrogen) atoms. The van der Waals surface area contributed by atoms with Gasteiger partial charge in [-0.15, -0.1) is 0 Å². The Morgan fingerprint density at radius 2 is 1.77 bits per heavy atom. The van der Waals surface area contributed by atoms with Crippen molar-refractivity contribution in [2.45, 2.75) is 39.4 Å². The molecule has 0 saturated heterocycles. The molecule has 170 valence electrons. The number of halogens is 3. The predicted molar refractivity (Wildman–Crippen MR) is 111 cm³/mol. The fourth-order valence-electron chi connectivity index (χ4n) is 2.73. The molecule has 2 aromatic rings. The number of carbonyl (C=O) groups is 1. The molecule has 0 unspecified atom stereocenters. The third kappa shape index (κ3) is 8.78. The second-order valence-corrected chi connectivity index (χ2v) is 7.48. The van der Waals surface area contributed by atoms with Crippen molar-refractivity contribution in [1.29, 1.82) is 0 Å². The molecule has 0 aliphatic heterocycles. The Morgan fingerprint density at radius 3 is 2.45 bits per heavy atom. The van der Waals surface area contributed by atoms with Gasteiger partial charge in [0.15, 0.2) is 18.1 Å². The Balaban J connectivity index is 1.87. The van der Waals surface area contributed by atoms with Crippen LogP contribution < -0.4 is 19.5 Å². The van der Waals surface area contributed by atoms with Gasteiger partial charge in [0.1, 0.15) is 5.75 Å². The van der Waals surface area contributed by atoms with E-state index in [1.165, 1.54) is 13.2 Å². The van der Waals surface area contributed by atoms with Gasteiger partial charge in [-0.05, 0) is 36.1 Å². The lowest BCUT2D eigenvalue weighted by Gasteiger charge is -2.14. The van der Waals surface area contributed by atoms with Crippen LogP contribution in [0.4, 0.5) is 13.2 Å². The minimum Gasteiger partial charge on any atom is -0.493 e. The molecule has 0 radical (unpaired) electrons. The Labute approximate surface area is 180 Å². The van der Waals surface area contributed by atoms with E-state index in [1.807, 2.05) is 24.3 Å². The molecule has 0 spiro atoms. The highest BCUT2D eigenvalue weighted by molar-refractivity contribution is 5.76. The van der Waals surface area contributed by atoms with Crippen molar-refractivity contribution in [2.75, 3.05) is 20.3 Å². The van der Waals surface area contributed by atoms with E-state index >= 15 is 0 Å². The number of rotatable bonds is 11. The lowest BCUT2D eigenvalue weighted by Crippen LogP contribution is -2.23. The summed E-state index contributed by atoms with van der Waals surface area (Å²) in [7, 11) is 1.35. The maximum Gasteiger partial charge on any atom is 0.422 e. The highest BCUT2D eigenvalue weighted by Gasteiger charge is 2.29. The molecule has 0 aliphatic carbocycles. The van der Waals surface area contributed by atoms with E-state index in [-0.39, 0.29) is 23.8 Å². The van der Waals surface area contributed by atoms with Crippen molar-refractivity contribution >= 4 is 5.91 Å². The molecular formula is C23H28F3NO4. The maximum atomic E-state index is 12.3.